The summed E-state index contributed by atoms with van der Waals surface area (Å²) in [5.74, 6) is -1.82. The number of amides is 2. The summed E-state index contributed by atoms with van der Waals surface area (Å²) in [4.78, 5) is 43.7. The molecule has 1 aromatic heterocycles. The van der Waals surface area contributed by atoms with Crippen LogP contribution in [-0.2, 0) is 37.3 Å². The average Bonchev–Trinajstić information content (AvgIpc) is 3.08. The van der Waals surface area contributed by atoms with Crippen molar-refractivity contribution in [1.29, 1.82) is 5.26 Å². The molecular formula is C34H31N5O6S. The largest absolute Gasteiger partial charge is 0.465 e. The van der Waals surface area contributed by atoms with Gasteiger partial charge in [-0.15, -0.1) is 0 Å². The van der Waals surface area contributed by atoms with Crippen molar-refractivity contribution in [3.05, 3.63) is 113 Å². The highest BCUT2D eigenvalue weighted by molar-refractivity contribution is 7.89. The van der Waals surface area contributed by atoms with Crippen molar-refractivity contribution in [1.82, 2.24) is 19.5 Å². The number of benzene rings is 3. The number of nitrogens with zero attached hydrogens (tertiary/aromatic N) is 4. The van der Waals surface area contributed by atoms with Crippen LogP contribution >= 0.6 is 0 Å². The highest BCUT2D eigenvalue weighted by Gasteiger charge is 2.33. The SMILES string of the molecule is CCOC(=O)CNC(=O)CN(C1=Cc2cccc(C(=O)N(C#N)Cc3ccccc3)c2CC1)S(=O)(=O)c1cccc2cccnc12. The maximum absolute atomic E-state index is 14.3. The van der Waals surface area contributed by atoms with Gasteiger partial charge in [-0.3, -0.25) is 23.7 Å². The Morgan fingerprint density at radius 2 is 1.74 bits per heavy atom. The second-order valence-corrected chi connectivity index (χ2v) is 12.2. The van der Waals surface area contributed by atoms with Crippen LogP contribution in [0.3, 0.4) is 0 Å². The van der Waals surface area contributed by atoms with E-state index in [0.29, 0.717) is 27.8 Å². The Kier molecular flexibility index (Phi) is 9.73. The number of esters is 1. The Labute approximate surface area is 266 Å². The Balaban J connectivity index is 1.51. The van der Waals surface area contributed by atoms with Gasteiger partial charge in [-0.25, -0.2) is 13.3 Å². The van der Waals surface area contributed by atoms with E-state index in [1.54, 1.807) is 55.5 Å². The number of fused-ring (bicyclic) bond motifs is 2. The van der Waals surface area contributed by atoms with Gasteiger partial charge >= 0.3 is 5.97 Å². The number of para-hydroxylation sites is 1. The highest BCUT2D eigenvalue weighted by atomic mass is 32.2. The van der Waals surface area contributed by atoms with Gasteiger partial charge in [0.15, 0.2) is 6.19 Å². The van der Waals surface area contributed by atoms with Gasteiger partial charge in [0, 0.05) is 22.8 Å². The van der Waals surface area contributed by atoms with E-state index in [-0.39, 0.29) is 36.4 Å². The summed E-state index contributed by atoms with van der Waals surface area (Å²) in [7, 11) is -4.34. The molecule has 5 rings (SSSR count). The van der Waals surface area contributed by atoms with Crippen LogP contribution in [0.2, 0.25) is 0 Å². The lowest BCUT2D eigenvalue weighted by molar-refractivity contribution is -0.143. The molecule has 0 aliphatic heterocycles. The van der Waals surface area contributed by atoms with Crippen molar-refractivity contribution in [3.8, 4) is 6.19 Å². The number of aromatic nitrogens is 1. The molecule has 1 aliphatic carbocycles. The minimum atomic E-state index is -4.34. The minimum absolute atomic E-state index is 0.0787. The van der Waals surface area contributed by atoms with E-state index < -0.39 is 40.9 Å². The number of sulfonamides is 1. The third-order valence-corrected chi connectivity index (χ3v) is 9.28. The number of hydrogen-bond acceptors (Lipinski definition) is 8. The predicted octanol–water partition coefficient (Wildman–Crippen LogP) is 4.02. The van der Waals surface area contributed by atoms with Gasteiger partial charge in [0.25, 0.3) is 15.9 Å². The Hall–Kier alpha value is -5.54. The summed E-state index contributed by atoms with van der Waals surface area (Å²) in [6.45, 7) is 0.858. The molecule has 0 radical (unpaired) electrons. The first-order valence-electron chi connectivity index (χ1n) is 14.6. The molecule has 1 N–H and O–H groups in total. The Bertz CT molecular complexity index is 1970. The quantitative estimate of drug-likeness (QED) is 0.147. The van der Waals surface area contributed by atoms with Crippen LogP contribution in [0.15, 0.2) is 95.7 Å². The van der Waals surface area contributed by atoms with E-state index in [1.807, 2.05) is 36.5 Å². The van der Waals surface area contributed by atoms with Crippen molar-refractivity contribution in [3.63, 3.8) is 0 Å². The Morgan fingerprint density at radius 1 is 0.978 bits per heavy atom. The third kappa shape index (κ3) is 6.90. The number of nitriles is 1. The zero-order chi connectivity index (χ0) is 32.7. The lowest BCUT2D eigenvalue weighted by Crippen LogP contribution is -2.42. The number of ether oxygens (including phenoxy) is 1. The van der Waals surface area contributed by atoms with Gasteiger partial charge in [-0.05, 0) is 60.7 Å². The monoisotopic (exact) mass is 637 g/mol. The van der Waals surface area contributed by atoms with Crippen molar-refractivity contribution >= 4 is 44.8 Å². The van der Waals surface area contributed by atoms with Crippen LogP contribution < -0.4 is 5.32 Å². The van der Waals surface area contributed by atoms with Crippen molar-refractivity contribution in [2.45, 2.75) is 31.2 Å². The van der Waals surface area contributed by atoms with Crippen molar-refractivity contribution in [2.24, 2.45) is 0 Å². The molecule has 4 aromatic rings. The number of pyridine rings is 1. The predicted molar refractivity (Wildman–Crippen MR) is 170 cm³/mol. The number of allylic oxidation sites excluding steroid dienone is 1. The van der Waals surface area contributed by atoms with E-state index >= 15 is 0 Å². The van der Waals surface area contributed by atoms with E-state index in [0.717, 1.165) is 14.8 Å². The van der Waals surface area contributed by atoms with Gasteiger partial charge in [0.05, 0.1) is 18.7 Å². The molecule has 0 unspecified atom stereocenters. The second kappa shape index (κ2) is 14.0. The molecule has 234 valence electrons. The summed E-state index contributed by atoms with van der Waals surface area (Å²) >= 11 is 0. The smallest absolute Gasteiger partial charge is 0.325 e. The molecular weight excluding hydrogens is 606 g/mol. The molecule has 11 nitrogen and oxygen atoms in total. The Morgan fingerprint density at radius 3 is 2.50 bits per heavy atom. The fourth-order valence-corrected chi connectivity index (χ4v) is 6.94. The molecule has 1 aliphatic rings. The normalized spacial score (nSPS) is 12.3. The van der Waals surface area contributed by atoms with Gasteiger partial charge in [-0.1, -0.05) is 60.7 Å². The first-order chi connectivity index (χ1) is 22.2. The zero-order valence-corrected chi connectivity index (χ0v) is 25.9. The summed E-state index contributed by atoms with van der Waals surface area (Å²) in [5.41, 5.74) is 2.97. The number of rotatable bonds is 11. The molecule has 46 heavy (non-hydrogen) atoms. The average molecular weight is 638 g/mol. The summed E-state index contributed by atoms with van der Waals surface area (Å²) in [5, 5.41) is 12.8. The standard InChI is InChI=1S/C34H31N5O6S/c1-2-45-32(41)20-37-31(40)22-39(46(43,44)30-15-7-11-25-13-8-18-36-33(25)30)27-16-17-28-26(19-27)12-6-14-29(28)34(42)38(23-35)21-24-9-4-3-5-10-24/h3-15,18-19H,2,16-17,20-22H2,1H3,(H,37,40). The van der Waals surface area contributed by atoms with E-state index in [4.69, 9.17) is 4.74 Å². The maximum atomic E-state index is 14.3. The molecule has 0 spiro atoms. The van der Waals surface area contributed by atoms with Gasteiger partial charge in [-0.2, -0.15) is 5.26 Å². The molecule has 0 fully saturated rings. The first-order valence-corrected chi connectivity index (χ1v) is 16.0. The lowest BCUT2D eigenvalue weighted by atomic mass is 9.90. The molecule has 0 bridgehead atoms. The van der Waals surface area contributed by atoms with Crippen LogP contribution in [0.1, 0.15) is 40.4 Å². The van der Waals surface area contributed by atoms with Gasteiger partial charge < -0.3 is 10.1 Å². The topological polar surface area (TPSA) is 150 Å². The number of hydrogen-bond donors (Lipinski definition) is 1. The molecule has 0 saturated carbocycles. The zero-order valence-electron chi connectivity index (χ0n) is 25.0. The van der Waals surface area contributed by atoms with Crippen LogP contribution in [0, 0.1) is 11.5 Å². The molecule has 0 atom stereocenters. The first kappa shape index (κ1) is 31.9. The van der Waals surface area contributed by atoms with Crippen LogP contribution in [0.4, 0.5) is 0 Å². The summed E-state index contributed by atoms with van der Waals surface area (Å²) < 4.78 is 34.5. The van der Waals surface area contributed by atoms with Crippen LogP contribution in [-0.4, -0.2) is 60.1 Å². The highest BCUT2D eigenvalue weighted by Crippen LogP contribution is 2.33. The van der Waals surface area contributed by atoms with Crippen LogP contribution in [0.25, 0.3) is 17.0 Å². The van der Waals surface area contributed by atoms with Gasteiger partial charge in [0.2, 0.25) is 5.91 Å². The lowest BCUT2D eigenvalue weighted by Gasteiger charge is -2.30. The minimum Gasteiger partial charge on any atom is -0.465 e. The van der Waals surface area contributed by atoms with E-state index in [9.17, 15) is 28.1 Å². The van der Waals surface area contributed by atoms with Crippen molar-refractivity contribution in [2.75, 3.05) is 19.7 Å². The van der Waals surface area contributed by atoms with E-state index in [2.05, 4.69) is 10.3 Å². The summed E-state index contributed by atoms with van der Waals surface area (Å²) in [6, 6.07) is 22.5. The second-order valence-electron chi connectivity index (χ2n) is 10.4. The number of carbonyl (C=O) groups is 3. The molecule has 12 heteroatoms. The molecule has 2 amide bonds. The summed E-state index contributed by atoms with van der Waals surface area (Å²) in [6.07, 6.45) is 5.56. The number of nitrogens with one attached hydrogen (secondary N) is 1. The van der Waals surface area contributed by atoms with Crippen LogP contribution in [0.5, 0.6) is 0 Å². The maximum Gasteiger partial charge on any atom is 0.325 e. The van der Waals surface area contributed by atoms with E-state index in [1.165, 1.54) is 12.3 Å². The fourth-order valence-electron chi connectivity index (χ4n) is 5.30. The van der Waals surface area contributed by atoms with Gasteiger partial charge in [0.1, 0.15) is 18.0 Å². The molecule has 3 aromatic carbocycles. The number of carbonyl (C=O) groups excluding carboxylic acids is 3. The molecule has 0 saturated heterocycles. The molecule has 1 heterocycles. The third-order valence-electron chi connectivity index (χ3n) is 7.45. The fraction of sp³-hybridized carbons (Fsp3) is 0.206. The van der Waals surface area contributed by atoms with Crippen molar-refractivity contribution < 1.29 is 27.5 Å².